The average Bonchev–Trinajstić information content (AvgIpc) is 2.30. The number of nitrogens with zero attached hydrogens (tertiary/aromatic N) is 1. The maximum Gasteiger partial charge on any atom is 0.0391 e. The smallest absolute Gasteiger partial charge is 0.0391 e. The van der Waals surface area contributed by atoms with Crippen LogP contribution >= 0.6 is 0 Å². The minimum Gasteiger partial charge on any atom is -0.385 e. The van der Waals surface area contributed by atoms with E-state index in [1.165, 1.54) is 23.2 Å². The molecule has 2 nitrogen and oxygen atoms in total. The van der Waals surface area contributed by atoms with Gasteiger partial charge in [-0.15, -0.1) is 0 Å². The lowest BCUT2D eigenvalue weighted by molar-refractivity contribution is 0.209. The second-order valence-corrected chi connectivity index (χ2v) is 4.54. The fourth-order valence-corrected chi connectivity index (χ4v) is 2.66. The van der Waals surface area contributed by atoms with Crippen LogP contribution in [0, 0.1) is 6.92 Å². The van der Waals surface area contributed by atoms with Gasteiger partial charge < -0.3 is 5.32 Å². The van der Waals surface area contributed by atoms with Crippen LogP contribution in [0.5, 0.6) is 0 Å². The van der Waals surface area contributed by atoms with E-state index in [1.807, 2.05) is 0 Å². The lowest BCUT2D eigenvalue weighted by Crippen LogP contribution is -2.33. The second-order valence-electron chi connectivity index (χ2n) is 4.54. The standard InChI is InChI=1S/C14H22N2/c1-4-16(5-2)14-8-9-15-13-10-11(3)6-7-12(13)14/h6-7,10,14-15H,4-5,8-9H2,1-3H3. The molecule has 0 aromatic heterocycles. The number of nitrogens with one attached hydrogen (secondary N) is 1. The van der Waals surface area contributed by atoms with Crippen molar-refractivity contribution in [2.45, 2.75) is 33.2 Å². The van der Waals surface area contributed by atoms with E-state index < -0.39 is 0 Å². The van der Waals surface area contributed by atoms with E-state index in [-0.39, 0.29) is 0 Å². The van der Waals surface area contributed by atoms with E-state index in [2.05, 4.69) is 49.2 Å². The van der Waals surface area contributed by atoms with Crippen LogP contribution in [-0.4, -0.2) is 24.5 Å². The number of fused-ring (bicyclic) bond motifs is 1. The van der Waals surface area contributed by atoms with Crippen molar-refractivity contribution in [2.75, 3.05) is 25.0 Å². The van der Waals surface area contributed by atoms with Crippen LogP contribution in [0.4, 0.5) is 5.69 Å². The molecule has 88 valence electrons. The lowest BCUT2D eigenvalue weighted by Gasteiger charge is -2.35. The van der Waals surface area contributed by atoms with Gasteiger partial charge in [-0.2, -0.15) is 0 Å². The van der Waals surface area contributed by atoms with Gasteiger partial charge >= 0.3 is 0 Å². The van der Waals surface area contributed by atoms with E-state index in [4.69, 9.17) is 0 Å². The molecular weight excluding hydrogens is 196 g/mol. The molecule has 0 bridgehead atoms. The second kappa shape index (κ2) is 4.88. The summed E-state index contributed by atoms with van der Waals surface area (Å²) in [6.07, 6.45) is 1.22. The minimum absolute atomic E-state index is 0.604. The summed E-state index contributed by atoms with van der Waals surface area (Å²) >= 11 is 0. The van der Waals surface area contributed by atoms with E-state index >= 15 is 0 Å². The van der Waals surface area contributed by atoms with Crippen molar-refractivity contribution in [3.63, 3.8) is 0 Å². The highest BCUT2D eigenvalue weighted by Gasteiger charge is 2.23. The van der Waals surface area contributed by atoms with Gasteiger partial charge in [0.05, 0.1) is 0 Å². The molecular formula is C14H22N2. The van der Waals surface area contributed by atoms with Gasteiger partial charge in [0.2, 0.25) is 0 Å². The zero-order valence-corrected chi connectivity index (χ0v) is 10.6. The molecule has 1 aromatic rings. The third-order valence-corrected chi connectivity index (χ3v) is 3.55. The van der Waals surface area contributed by atoms with E-state index in [1.54, 1.807) is 0 Å². The van der Waals surface area contributed by atoms with Crippen LogP contribution in [0.25, 0.3) is 0 Å². The molecule has 0 saturated carbocycles. The van der Waals surface area contributed by atoms with Crippen LogP contribution < -0.4 is 5.32 Å². The van der Waals surface area contributed by atoms with Gasteiger partial charge in [0, 0.05) is 18.3 Å². The van der Waals surface area contributed by atoms with E-state index in [0.717, 1.165) is 19.6 Å². The van der Waals surface area contributed by atoms with Gasteiger partial charge in [-0.1, -0.05) is 26.0 Å². The highest BCUT2D eigenvalue weighted by molar-refractivity contribution is 5.56. The first kappa shape index (κ1) is 11.5. The Kier molecular flexibility index (Phi) is 3.49. The van der Waals surface area contributed by atoms with Crippen molar-refractivity contribution in [1.29, 1.82) is 0 Å². The van der Waals surface area contributed by atoms with Gasteiger partial charge in [0.1, 0.15) is 0 Å². The molecule has 1 unspecified atom stereocenters. The molecule has 0 fully saturated rings. The molecule has 0 spiro atoms. The van der Waals surface area contributed by atoms with Gasteiger partial charge in [-0.25, -0.2) is 0 Å². The lowest BCUT2D eigenvalue weighted by atomic mass is 9.95. The zero-order valence-electron chi connectivity index (χ0n) is 10.6. The summed E-state index contributed by atoms with van der Waals surface area (Å²) in [4.78, 5) is 2.55. The number of aryl methyl sites for hydroxylation is 1. The predicted molar refractivity (Wildman–Crippen MR) is 69.9 cm³/mol. The predicted octanol–water partition coefficient (Wildman–Crippen LogP) is 3.19. The summed E-state index contributed by atoms with van der Waals surface area (Å²) in [5.74, 6) is 0. The van der Waals surface area contributed by atoms with Crippen molar-refractivity contribution in [2.24, 2.45) is 0 Å². The molecule has 1 aliphatic rings. The summed E-state index contributed by atoms with van der Waals surface area (Å²) in [7, 11) is 0. The topological polar surface area (TPSA) is 15.3 Å². The average molecular weight is 218 g/mol. The number of benzene rings is 1. The Labute approximate surface area is 98.7 Å². The molecule has 1 N–H and O–H groups in total. The van der Waals surface area contributed by atoms with Crippen LogP contribution in [0.1, 0.15) is 37.4 Å². The quantitative estimate of drug-likeness (QED) is 0.838. The van der Waals surface area contributed by atoms with Gasteiger partial charge in [0.25, 0.3) is 0 Å². The van der Waals surface area contributed by atoms with Crippen LogP contribution in [0.2, 0.25) is 0 Å². The number of rotatable bonds is 3. The minimum atomic E-state index is 0.604. The summed E-state index contributed by atoms with van der Waals surface area (Å²) in [5.41, 5.74) is 4.15. The zero-order chi connectivity index (χ0) is 11.5. The Bertz CT molecular complexity index is 356. The van der Waals surface area contributed by atoms with Crippen molar-refractivity contribution in [3.8, 4) is 0 Å². The number of hydrogen-bond donors (Lipinski definition) is 1. The first-order valence-corrected chi connectivity index (χ1v) is 6.34. The normalized spacial score (nSPS) is 19.4. The Morgan fingerprint density at radius 3 is 2.75 bits per heavy atom. The van der Waals surface area contributed by atoms with Crippen molar-refractivity contribution in [3.05, 3.63) is 29.3 Å². The molecule has 0 radical (unpaired) electrons. The highest BCUT2D eigenvalue weighted by Crippen LogP contribution is 2.34. The van der Waals surface area contributed by atoms with Gasteiger partial charge in [-0.05, 0) is 43.6 Å². The molecule has 16 heavy (non-hydrogen) atoms. The summed E-state index contributed by atoms with van der Waals surface area (Å²) in [5, 5.41) is 3.51. The number of hydrogen-bond acceptors (Lipinski definition) is 2. The van der Waals surface area contributed by atoms with E-state index in [9.17, 15) is 0 Å². The molecule has 1 atom stereocenters. The highest BCUT2D eigenvalue weighted by atomic mass is 15.2. The maximum atomic E-state index is 3.51. The van der Waals surface area contributed by atoms with Gasteiger partial charge in [-0.3, -0.25) is 4.90 Å². The molecule has 0 saturated heterocycles. The van der Waals surface area contributed by atoms with E-state index in [0.29, 0.717) is 6.04 Å². The van der Waals surface area contributed by atoms with Gasteiger partial charge in [0.15, 0.2) is 0 Å². The molecule has 1 heterocycles. The first-order valence-electron chi connectivity index (χ1n) is 6.34. The maximum absolute atomic E-state index is 3.51. The molecule has 0 aliphatic carbocycles. The fourth-order valence-electron chi connectivity index (χ4n) is 2.66. The third kappa shape index (κ3) is 2.07. The first-order chi connectivity index (χ1) is 7.76. The Morgan fingerprint density at radius 1 is 1.31 bits per heavy atom. The summed E-state index contributed by atoms with van der Waals surface area (Å²) in [6.45, 7) is 10.0. The molecule has 1 aromatic carbocycles. The third-order valence-electron chi connectivity index (χ3n) is 3.55. The largest absolute Gasteiger partial charge is 0.385 e. The molecule has 2 rings (SSSR count). The number of anilines is 1. The van der Waals surface area contributed by atoms with Crippen LogP contribution in [0.3, 0.4) is 0 Å². The van der Waals surface area contributed by atoms with Crippen molar-refractivity contribution < 1.29 is 0 Å². The molecule has 0 amide bonds. The molecule has 2 heteroatoms. The van der Waals surface area contributed by atoms with Crippen molar-refractivity contribution in [1.82, 2.24) is 4.90 Å². The van der Waals surface area contributed by atoms with Crippen molar-refractivity contribution >= 4 is 5.69 Å². The fraction of sp³-hybridized carbons (Fsp3) is 0.571. The Morgan fingerprint density at radius 2 is 2.06 bits per heavy atom. The van der Waals surface area contributed by atoms with Crippen LogP contribution in [-0.2, 0) is 0 Å². The molecule has 1 aliphatic heterocycles. The summed E-state index contributed by atoms with van der Waals surface area (Å²) < 4.78 is 0. The monoisotopic (exact) mass is 218 g/mol. The Hall–Kier alpha value is -1.02. The Balaban J connectivity index is 2.32. The summed E-state index contributed by atoms with van der Waals surface area (Å²) in [6, 6.07) is 7.39. The SMILES string of the molecule is CCN(CC)C1CCNc2cc(C)ccc21. The van der Waals surface area contributed by atoms with Crippen LogP contribution in [0.15, 0.2) is 18.2 Å².